The van der Waals surface area contributed by atoms with Crippen molar-refractivity contribution < 1.29 is 14.0 Å². The minimum Gasteiger partial charge on any atom is -0.444 e. The highest BCUT2D eigenvalue weighted by molar-refractivity contribution is 6.48. The number of amides is 1. The zero-order valence-electron chi connectivity index (χ0n) is 16.2. The zero-order valence-corrected chi connectivity index (χ0v) is 17.4. The summed E-state index contributed by atoms with van der Waals surface area (Å²) in [5, 5.41) is 0. The van der Waals surface area contributed by atoms with Crippen molar-refractivity contribution in [3.05, 3.63) is 12.2 Å². The molecule has 0 saturated carbocycles. The smallest absolute Gasteiger partial charge is 0.410 e. The fraction of sp³-hybridized carbons (Fsp3) is 0.833. The molecule has 0 aromatic rings. The van der Waals surface area contributed by atoms with Crippen molar-refractivity contribution in [1.29, 1.82) is 0 Å². The first kappa shape index (κ1) is 20.2. The van der Waals surface area contributed by atoms with Crippen molar-refractivity contribution in [1.82, 2.24) is 4.90 Å². The van der Waals surface area contributed by atoms with Crippen LogP contribution in [0, 0.1) is 5.41 Å². The number of piperidine rings is 1. The Morgan fingerprint density at radius 3 is 2.26 bits per heavy atom. The van der Waals surface area contributed by atoms with Gasteiger partial charge in [-0.1, -0.05) is 32.9 Å². The highest BCUT2D eigenvalue weighted by atomic mass is 28.3. The van der Waals surface area contributed by atoms with Gasteiger partial charge in [-0.05, 0) is 52.1 Å². The van der Waals surface area contributed by atoms with Crippen LogP contribution >= 0.6 is 0 Å². The number of ether oxygens (including phenoxy) is 1. The Bertz CT molecular complexity index is 435. The van der Waals surface area contributed by atoms with Crippen LogP contribution < -0.4 is 0 Å². The quantitative estimate of drug-likeness (QED) is 0.565. The Kier molecular flexibility index (Phi) is 6.50. The number of carbonyl (C=O) groups is 1. The molecule has 0 spiro atoms. The van der Waals surface area contributed by atoms with Crippen molar-refractivity contribution >= 4 is 15.1 Å². The molecule has 0 N–H and O–H groups in total. The van der Waals surface area contributed by atoms with E-state index in [1.54, 1.807) is 0 Å². The number of hydrogen-bond acceptors (Lipinski definition) is 3. The summed E-state index contributed by atoms with van der Waals surface area (Å²) in [6.45, 7) is 21.4. The van der Waals surface area contributed by atoms with Gasteiger partial charge in [0.05, 0.1) is 12.1 Å². The minimum atomic E-state index is -1.23. The highest BCUT2D eigenvalue weighted by Gasteiger charge is 2.42. The van der Waals surface area contributed by atoms with Gasteiger partial charge in [-0.2, -0.15) is 0 Å². The van der Waals surface area contributed by atoms with Crippen molar-refractivity contribution in [3.8, 4) is 0 Å². The predicted molar refractivity (Wildman–Crippen MR) is 98.3 cm³/mol. The lowest BCUT2D eigenvalue weighted by molar-refractivity contribution is -0.0308. The molecular weight excluding hydrogens is 306 g/mol. The number of likely N-dealkylation sites (tertiary alicyclic amines) is 1. The molecule has 0 aliphatic carbocycles. The van der Waals surface area contributed by atoms with E-state index in [1.165, 1.54) is 5.57 Å². The van der Waals surface area contributed by atoms with Gasteiger partial charge in [0, 0.05) is 6.54 Å². The number of carbonyl (C=O) groups excluding carboxylic acids is 1. The van der Waals surface area contributed by atoms with Crippen LogP contribution in [0.3, 0.4) is 0 Å². The number of nitrogens with zero attached hydrogens (tertiary/aromatic N) is 1. The van der Waals surface area contributed by atoms with Gasteiger partial charge in [0.25, 0.3) is 0 Å². The van der Waals surface area contributed by atoms with E-state index in [0.717, 1.165) is 12.8 Å². The summed E-state index contributed by atoms with van der Waals surface area (Å²) < 4.78 is 12.0. The second-order valence-corrected chi connectivity index (χ2v) is 11.3. The monoisotopic (exact) mass is 341 g/mol. The summed E-state index contributed by atoms with van der Waals surface area (Å²) >= 11 is 0. The molecule has 1 aliphatic rings. The average molecular weight is 342 g/mol. The molecule has 1 fully saturated rings. The SMILES string of the molecule is C=C1CCN(C(=O)OC(C)(C)C)[C@@H](C(O[SiH](C)C)C(C)(C)C)C1. The molecule has 5 heteroatoms. The van der Waals surface area contributed by atoms with E-state index in [4.69, 9.17) is 9.16 Å². The molecule has 134 valence electrons. The maximum Gasteiger partial charge on any atom is 0.410 e. The van der Waals surface area contributed by atoms with E-state index < -0.39 is 14.6 Å². The summed E-state index contributed by atoms with van der Waals surface area (Å²) in [5.41, 5.74) is 0.666. The number of rotatable bonds is 3. The third kappa shape index (κ3) is 6.30. The molecular formula is C18H35NO3Si. The van der Waals surface area contributed by atoms with Crippen LogP contribution in [0.15, 0.2) is 12.2 Å². The largest absolute Gasteiger partial charge is 0.444 e. The van der Waals surface area contributed by atoms with Gasteiger partial charge >= 0.3 is 6.09 Å². The predicted octanol–water partition coefficient (Wildman–Crippen LogP) is 4.36. The minimum absolute atomic E-state index is 0.000926. The second kappa shape index (κ2) is 7.39. The van der Waals surface area contributed by atoms with Crippen LogP contribution in [0.1, 0.15) is 54.4 Å². The molecule has 1 heterocycles. The van der Waals surface area contributed by atoms with Gasteiger partial charge in [0.15, 0.2) is 9.04 Å². The lowest BCUT2D eigenvalue weighted by Crippen LogP contribution is -2.56. The van der Waals surface area contributed by atoms with Gasteiger partial charge in [-0.15, -0.1) is 0 Å². The van der Waals surface area contributed by atoms with Gasteiger partial charge < -0.3 is 14.1 Å². The maximum atomic E-state index is 12.7. The molecule has 0 aromatic heterocycles. The van der Waals surface area contributed by atoms with Crippen LogP contribution in [0.25, 0.3) is 0 Å². The molecule has 1 amide bonds. The van der Waals surface area contributed by atoms with Gasteiger partial charge in [0.2, 0.25) is 0 Å². The first-order valence-corrected chi connectivity index (χ1v) is 11.4. The Balaban J connectivity index is 3.07. The summed E-state index contributed by atoms with van der Waals surface area (Å²) in [4.78, 5) is 14.5. The number of hydrogen-bond donors (Lipinski definition) is 0. The second-order valence-electron chi connectivity index (χ2n) is 8.92. The van der Waals surface area contributed by atoms with Crippen LogP contribution in [-0.4, -0.2) is 44.3 Å². The van der Waals surface area contributed by atoms with E-state index in [9.17, 15) is 4.79 Å². The van der Waals surface area contributed by atoms with Crippen LogP contribution in [0.4, 0.5) is 4.79 Å². The maximum absolute atomic E-state index is 12.7. The molecule has 23 heavy (non-hydrogen) atoms. The van der Waals surface area contributed by atoms with Gasteiger partial charge in [-0.3, -0.25) is 0 Å². The van der Waals surface area contributed by atoms with Crippen molar-refractivity contribution in [2.75, 3.05) is 6.54 Å². The van der Waals surface area contributed by atoms with Crippen molar-refractivity contribution in [3.63, 3.8) is 0 Å². The topological polar surface area (TPSA) is 38.8 Å². The Labute approximate surface area is 143 Å². The van der Waals surface area contributed by atoms with Gasteiger partial charge in [0.1, 0.15) is 5.60 Å². The molecule has 2 atom stereocenters. The molecule has 0 radical (unpaired) electrons. The van der Waals surface area contributed by atoms with E-state index in [0.29, 0.717) is 6.54 Å². The standard InChI is InChI=1S/C18H35NO3Si/c1-13-10-11-19(16(20)21-18(5,6)7)14(12-13)15(17(2,3)4)22-23(8)9/h14-15,23H,1,10-12H2,2-9H3/t14-,15?/m1/s1. The summed E-state index contributed by atoms with van der Waals surface area (Å²) in [6.07, 6.45) is 1.39. The van der Waals surface area contributed by atoms with E-state index >= 15 is 0 Å². The Morgan fingerprint density at radius 1 is 1.26 bits per heavy atom. The van der Waals surface area contributed by atoms with E-state index in [1.807, 2.05) is 25.7 Å². The third-order valence-electron chi connectivity index (χ3n) is 3.85. The molecule has 1 saturated heterocycles. The summed E-state index contributed by atoms with van der Waals surface area (Å²) in [5.74, 6) is 0. The Hall–Kier alpha value is -0.813. The molecule has 1 aliphatic heterocycles. The average Bonchev–Trinajstić information content (AvgIpc) is 2.31. The van der Waals surface area contributed by atoms with Crippen LogP contribution in [0.5, 0.6) is 0 Å². The van der Waals surface area contributed by atoms with E-state index in [-0.39, 0.29) is 23.7 Å². The molecule has 1 rings (SSSR count). The van der Waals surface area contributed by atoms with Gasteiger partial charge in [-0.25, -0.2) is 4.79 Å². The first-order chi connectivity index (χ1) is 10.3. The fourth-order valence-electron chi connectivity index (χ4n) is 2.94. The lowest BCUT2D eigenvalue weighted by Gasteiger charge is -2.46. The van der Waals surface area contributed by atoms with Crippen LogP contribution in [0.2, 0.25) is 13.1 Å². The highest BCUT2D eigenvalue weighted by Crippen LogP contribution is 2.34. The van der Waals surface area contributed by atoms with Crippen LogP contribution in [-0.2, 0) is 9.16 Å². The normalized spacial score (nSPS) is 21.5. The molecule has 1 unspecified atom stereocenters. The zero-order chi connectivity index (χ0) is 18.0. The lowest BCUT2D eigenvalue weighted by atomic mass is 9.80. The van der Waals surface area contributed by atoms with Crippen molar-refractivity contribution in [2.24, 2.45) is 5.41 Å². The fourth-order valence-corrected chi connectivity index (χ4v) is 4.11. The first-order valence-electron chi connectivity index (χ1n) is 8.63. The summed E-state index contributed by atoms with van der Waals surface area (Å²) in [6, 6.07) is 0.000926. The van der Waals surface area contributed by atoms with Crippen molar-refractivity contribution in [2.45, 2.75) is 85.2 Å². The molecule has 4 nitrogen and oxygen atoms in total. The van der Waals surface area contributed by atoms with E-state index in [2.05, 4.69) is 40.4 Å². The molecule has 0 bridgehead atoms. The summed E-state index contributed by atoms with van der Waals surface area (Å²) in [7, 11) is -1.23. The molecule has 0 aromatic carbocycles. The third-order valence-corrected chi connectivity index (χ3v) is 4.69. The Morgan fingerprint density at radius 2 is 1.83 bits per heavy atom.